The minimum atomic E-state index is -1.23. The zero-order valence-electron chi connectivity index (χ0n) is 9.55. The molecule has 0 saturated carbocycles. The van der Waals surface area contributed by atoms with E-state index < -0.39 is 35.0 Å². The fourth-order valence-electron chi connectivity index (χ4n) is 1.24. The maximum Gasteiger partial charge on any atom is 0.323 e. The van der Waals surface area contributed by atoms with Gasteiger partial charge in [-0.05, 0) is 0 Å². The van der Waals surface area contributed by atoms with Crippen LogP contribution in [-0.2, 0) is 11.3 Å². The molecule has 0 fully saturated rings. The van der Waals surface area contributed by atoms with E-state index in [-0.39, 0.29) is 12.1 Å². The van der Waals surface area contributed by atoms with Crippen LogP contribution in [0.5, 0.6) is 0 Å². The van der Waals surface area contributed by atoms with Gasteiger partial charge < -0.3 is 15.7 Å². The van der Waals surface area contributed by atoms with Gasteiger partial charge in [0, 0.05) is 18.2 Å². The molecular weight excluding hydrogens is 261 g/mol. The molecule has 1 rings (SSSR count). The van der Waals surface area contributed by atoms with Crippen molar-refractivity contribution in [3.8, 4) is 0 Å². The number of carboxylic acid groups (broad SMARTS) is 1. The summed E-state index contributed by atoms with van der Waals surface area (Å²) in [5.74, 6) is -2.26. The topological polar surface area (TPSA) is 122 Å². The van der Waals surface area contributed by atoms with Crippen molar-refractivity contribution in [1.82, 2.24) is 10.6 Å². The maximum atomic E-state index is 13.6. The lowest BCUT2D eigenvalue weighted by Crippen LogP contribution is -2.38. The second-order valence-corrected chi connectivity index (χ2v) is 3.44. The number of nitro benzene ring substituents is 1. The molecule has 0 radical (unpaired) electrons. The predicted molar refractivity (Wildman–Crippen MR) is 60.9 cm³/mol. The first-order valence-corrected chi connectivity index (χ1v) is 5.07. The number of amides is 2. The summed E-state index contributed by atoms with van der Waals surface area (Å²) in [5.41, 5.74) is -0.759. The van der Waals surface area contributed by atoms with Crippen molar-refractivity contribution in [3.63, 3.8) is 0 Å². The van der Waals surface area contributed by atoms with Gasteiger partial charge in [-0.25, -0.2) is 4.79 Å². The first kappa shape index (κ1) is 14.4. The molecule has 3 N–H and O–H groups in total. The Hall–Kier alpha value is -2.71. The number of rotatable bonds is 5. The molecule has 0 aliphatic rings. The molecule has 0 atom stereocenters. The number of benzene rings is 1. The lowest BCUT2D eigenvalue weighted by Gasteiger charge is -2.06. The number of carbonyl (C=O) groups excluding carboxylic acids is 1. The van der Waals surface area contributed by atoms with Gasteiger partial charge in [-0.15, -0.1) is 0 Å². The van der Waals surface area contributed by atoms with Gasteiger partial charge >= 0.3 is 17.7 Å². The molecule has 0 saturated heterocycles. The molecule has 0 spiro atoms. The van der Waals surface area contributed by atoms with Crippen molar-refractivity contribution in [2.24, 2.45) is 0 Å². The highest BCUT2D eigenvalue weighted by molar-refractivity contribution is 5.79. The smallest absolute Gasteiger partial charge is 0.323 e. The molecule has 0 aliphatic carbocycles. The number of nitrogens with one attached hydrogen (secondary N) is 2. The molecule has 2 amide bonds. The van der Waals surface area contributed by atoms with E-state index in [0.29, 0.717) is 0 Å². The Bertz CT molecular complexity index is 520. The van der Waals surface area contributed by atoms with E-state index in [4.69, 9.17) is 5.11 Å². The number of hydrogen-bond donors (Lipinski definition) is 3. The zero-order valence-corrected chi connectivity index (χ0v) is 9.55. The first-order valence-electron chi connectivity index (χ1n) is 5.07. The summed E-state index contributed by atoms with van der Waals surface area (Å²) in [6, 6.07) is 2.75. The highest BCUT2D eigenvalue weighted by Gasteiger charge is 2.17. The quantitative estimate of drug-likeness (QED) is 0.535. The molecule has 1 aromatic rings. The predicted octanol–water partition coefficient (Wildman–Crippen LogP) is 0.618. The standard InChI is InChI=1S/C10H10FN3O5/c11-9-6(2-1-3-7(9)14(18)19)4-12-10(17)13-5-8(15)16/h1-3H,4-5H2,(H,15,16)(H2,12,13,17). The van der Waals surface area contributed by atoms with Crippen molar-refractivity contribution in [2.45, 2.75) is 6.54 Å². The summed E-state index contributed by atoms with van der Waals surface area (Å²) >= 11 is 0. The SMILES string of the molecule is O=C(O)CNC(=O)NCc1cccc([N+](=O)[O-])c1F. The molecule has 0 heterocycles. The Balaban J connectivity index is 2.63. The van der Waals surface area contributed by atoms with Crippen molar-refractivity contribution in [2.75, 3.05) is 6.54 Å². The van der Waals surface area contributed by atoms with Crippen LogP contribution in [0, 0.1) is 15.9 Å². The van der Waals surface area contributed by atoms with E-state index in [1.807, 2.05) is 5.32 Å². The molecule has 8 nitrogen and oxygen atoms in total. The van der Waals surface area contributed by atoms with E-state index in [2.05, 4.69) is 5.32 Å². The van der Waals surface area contributed by atoms with E-state index in [9.17, 15) is 24.1 Å². The van der Waals surface area contributed by atoms with Gasteiger partial charge in [-0.3, -0.25) is 14.9 Å². The third-order valence-electron chi connectivity index (χ3n) is 2.09. The van der Waals surface area contributed by atoms with Crippen molar-refractivity contribution in [3.05, 3.63) is 39.7 Å². The van der Waals surface area contributed by atoms with Gasteiger partial charge in [0.2, 0.25) is 5.82 Å². The number of carbonyl (C=O) groups is 2. The molecule has 0 bridgehead atoms. The van der Waals surface area contributed by atoms with Gasteiger partial charge in [0.15, 0.2) is 0 Å². The maximum absolute atomic E-state index is 13.6. The lowest BCUT2D eigenvalue weighted by molar-refractivity contribution is -0.387. The summed E-state index contributed by atoms with van der Waals surface area (Å²) in [6.07, 6.45) is 0. The van der Waals surface area contributed by atoms with Gasteiger partial charge in [0.1, 0.15) is 6.54 Å². The van der Waals surface area contributed by atoms with Crippen LogP contribution in [0.15, 0.2) is 18.2 Å². The normalized spacial score (nSPS) is 9.74. The second-order valence-electron chi connectivity index (χ2n) is 3.44. The van der Waals surface area contributed by atoms with Crippen LogP contribution in [-0.4, -0.2) is 28.6 Å². The van der Waals surface area contributed by atoms with Crippen LogP contribution >= 0.6 is 0 Å². The summed E-state index contributed by atoms with van der Waals surface area (Å²) in [6.45, 7) is -0.873. The Morgan fingerprint density at radius 1 is 1.37 bits per heavy atom. The van der Waals surface area contributed by atoms with E-state index >= 15 is 0 Å². The number of halogens is 1. The number of aliphatic carboxylic acids is 1. The first-order chi connectivity index (χ1) is 8.91. The Morgan fingerprint density at radius 3 is 2.63 bits per heavy atom. The zero-order chi connectivity index (χ0) is 14.4. The van der Waals surface area contributed by atoms with Crippen LogP contribution in [0.1, 0.15) is 5.56 Å². The van der Waals surface area contributed by atoms with Crippen LogP contribution in [0.25, 0.3) is 0 Å². The highest BCUT2D eigenvalue weighted by Crippen LogP contribution is 2.19. The van der Waals surface area contributed by atoms with Crippen molar-refractivity contribution in [1.29, 1.82) is 0 Å². The Kier molecular flexibility index (Phi) is 4.75. The van der Waals surface area contributed by atoms with Crippen LogP contribution in [0.2, 0.25) is 0 Å². The van der Waals surface area contributed by atoms with Gasteiger partial charge in [-0.1, -0.05) is 12.1 Å². The minimum Gasteiger partial charge on any atom is -0.480 e. The molecule has 9 heteroatoms. The number of nitrogens with zero attached hydrogens (tertiary/aromatic N) is 1. The molecule has 0 aliphatic heterocycles. The summed E-state index contributed by atoms with van der Waals surface area (Å²) < 4.78 is 13.6. The molecule has 0 aromatic heterocycles. The van der Waals surface area contributed by atoms with Crippen molar-refractivity contribution >= 4 is 17.7 Å². The van der Waals surface area contributed by atoms with Crippen LogP contribution in [0.3, 0.4) is 0 Å². The second kappa shape index (κ2) is 6.28. The van der Waals surface area contributed by atoms with E-state index in [0.717, 1.165) is 6.07 Å². The number of hydrogen-bond acceptors (Lipinski definition) is 4. The number of carboxylic acids is 1. The number of nitro groups is 1. The fraction of sp³-hybridized carbons (Fsp3) is 0.200. The Labute approximate surface area is 106 Å². The Morgan fingerprint density at radius 2 is 2.05 bits per heavy atom. The fourth-order valence-corrected chi connectivity index (χ4v) is 1.24. The van der Waals surface area contributed by atoms with Crippen LogP contribution in [0.4, 0.5) is 14.9 Å². The van der Waals surface area contributed by atoms with Gasteiger partial charge in [-0.2, -0.15) is 4.39 Å². The molecular formula is C10H10FN3O5. The third kappa shape index (κ3) is 4.22. The summed E-state index contributed by atoms with van der Waals surface area (Å²) in [4.78, 5) is 30.9. The van der Waals surface area contributed by atoms with Gasteiger partial charge in [0.25, 0.3) is 0 Å². The minimum absolute atomic E-state index is 0.0697. The summed E-state index contributed by atoms with van der Waals surface area (Å²) in [5, 5.41) is 23.0. The van der Waals surface area contributed by atoms with Gasteiger partial charge in [0.05, 0.1) is 4.92 Å². The molecule has 0 unspecified atom stereocenters. The molecule has 19 heavy (non-hydrogen) atoms. The molecule has 1 aromatic carbocycles. The lowest BCUT2D eigenvalue weighted by atomic mass is 10.2. The largest absolute Gasteiger partial charge is 0.480 e. The average molecular weight is 271 g/mol. The summed E-state index contributed by atoms with van der Waals surface area (Å²) in [7, 11) is 0. The average Bonchev–Trinajstić information content (AvgIpc) is 2.34. The monoisotopic (exact) mass is 271 g/mol. The molecule has 102 valence electrons. The van der Waals surface area contributed by atoms with Crippen LogP contribution < -0.4 is 10.6 Å². The van der Waals surface area contributed by atoms with E-state index in [1.54, 1.807) is 0 Å². The number of urea groups is 1. The van der Waals surface area contributed by atoms with Crippen molar-refractivity contribution < 1.29 is 24.0 Å². The third-order valence-corrected chi connectivity index (χ3v) is 2.09. The van der Waals surface area contributed by atoms with E-state index in [1.165, 1.54) is 12.1 Å². The highest BCUT2D eigenvalue weighted by atomic mass is 19.1.